The fourth-order valence-electron chi connectivity index (χ4n) is 3.77. The molecule has 0 bridgehead atoms. The van der Waals surface area contributed by atoms with Crippen molar-refractivity contribution in [1.29, 1.82) is 0 Å². The molecule has 0 saturated carbocycles. The van der Waals surface area contributed by atoms with Crippen LogP contribution in [0, 0.1) is 0 Å². The topological polar surface area (TPSA) is 216 Å². The van der Waals surface area contributed by atoms with E-state index in [4.69, 9.17) is 20.0 Å². The minimum atomic E-state index is -1.65. The maximum absolute atomic E-state index is 13.2. The number of oxime groups is 1. The van der Waals surface area contributed by atoms with Crippen molar-refractivity contribution in [2.24, 2.45) is 5.16 Å². The normalized spacial score (nSPS) is 18.8. The number of anilines is 1. The van der Waals surface area contributed by atoms with Gasteiger partial charge in [0.2, 0.25) is 17.1 Å². The van der Waals surface area contributed by atoms with E-state index in [1.54, 1.807) is 24.3 Å². The van der Waals surface area contributed by atoms with Gasteiger partial charge in [-0.3, -0.25) is 14.5 Å². The summed E-state index contributed by atoms with van der Waals surface area (Å²) in [6, 6.07) is 5.78. The van der Waals surface area contributed by atoms with E-state index in [1.807, 2.05) is 0 Å². The van der Waals surface area contributed by atoms with Crippen LogP contribution in [0.15, 0.2) is 40.7 Å². The second-order valence-corrected chi connectivity index (χ2v) is 11.1. The van der Waals surface area contributed by atoms with Crippen molar-refractivity contribution in [3.8, 4) is 5.75 Å². The largest absolute Gasteiger partial charge is 0.497 e. The summed E-state index contributed by atoms with van der Waals surface area (Å²) in [4.78, 5) is 60.9. The smallest absolute Gasteiger partial charge is 0.353 e. The average molecular weight is 607 g/mol. The van der Waals surface area contributed by atoms with Gasteiger partial charge >= 0.3 is 11.9 Å². The fourth-order valence-corrected chi connectivity index (χ4v) is 5.54. The van der Waals surface area contributed by atoms with Crippen molar-refractivity contribution < 1.29 is 43.7 Å². The summed E-state index contributed by atoms with van der Waals surface area (Å²) < 4.78 is 14.4. The predicted octanol–water partition coefficient (Wildman–Crippen LogP) is 0.103. The molecule has 0 unspecified atom stereocenters. The number of aliphatic hydroxyl groups excluding tert-OH is 1. The lowest BCUT2D eigenvalue weighted by molar-refractivity contribution is -0.169. The lowest BCUT2D eigenvalue weighted by Gasteiger charge is -2.49. The van der Waals surface area contributed by atoms with Crippen molar-refractivity contribution >= 4 is 57.9 Å². The Morgan fingerprint density at radius 1 is 1.27 bits per heavy atom. The summed E-state index contributed by atoms with van der Waals surface area (Å²) in [5.41, 5.74) is 4.13. The SMILES string of the molecule is COc1ccc(COC(=O)C(C)(C)ON=C(C(=O)N[C@@H]2C(=O)N3C(C(=O)O)=C(CO)CS[C@@H]23)c2nsc(N)n2)cc1. The van der Waals surface area contributed by atoms with Crippen molar-refractivity contribution in [3.05, 3.63) is 46.9 Å². The van der Waals surface area contributed by atoms with E-state index < -0.39 is 53.1 Å². The molecule has 5 N–H and O–H groups in total. The van der Waals surface area contributed by atoms with Gasteiger partial charge in [-0.2, -0.15) is 9.36 Å². The van der Waals surface area contributed by atoms with Gasteiger partial charge in [0.15, 0.2) is 5.13 Å². The maximum Gasteiger partial charge on any atom is 0.353 e. The highest BCUT2D eigenvalue weighted by atomic mass is 32.2. The number of aliphatic carboxylic acids is 1. The standard InChI is InChI=1S/C24H26N6O9S2/c1-24(2,22(36)38-9-11-4-6-13(37-3)7-5-11)39-28-14(17-27-23(25)41-29-17)18(32)26-15-19(33)30-16(21(34)35)12(8-31)10-40-20(15)30/h4-7,15,20,31H,8-10H2,1-3H3,(H,26,32)(H,34,35)(H2,25,27,29)/t15-,20+/m1/s1. The number of hydrogen-bond acceptors (Lipinski definition) is 14. The number of aliphatic hydroxyl groups is 1. The number of fused-ring (bicyclic) bond motifs is 1. The lowest BCUT2D eigenvalue weighted by atomic mass is 10.0. The summed E-state index contributed by atoms with van der Waals surface area (Å²) in [7, 11) is 1.53. The van der Waals surface area contributed by atoms with Crippen LogP contribution in [0.25, 0.3) is 0 Å². The summed E-state index contributed by atoms with van der Waals surface area (Å²) in [5, 5.41) is 24.7. The molecule has 0 aliphatic carbocycles. The van der Waals surface area contributed by atoms with Crippen molar-refractivity contribution in [1.82, 2.24) is 19.6 Å². The number of carbonyl (C=O) groups is 4. The van der Waals surface area contributed by atoms with Gasteiger partial charge in [-0.05, 0) is 37.1 Å². The number of carbonyl (C=O) groups excluding carboxylic acids is 3. The van der Waals surface area contributed by atoms with Gasteiger partial charge in [0.05, 0.1) is 13.7 Å². The number of nitrogens with one attached hydrogen (secondary N) is 1. The molecule has 15 nitrogen and oxygen atoms in total. The number of rotatable bonds is 11. The average Bonchev–Trinajstić information content (AvgIpc) is 3.39. The van der Waals surface area contributed by atoms with Gasteiger partial charge in [0, 0.05) is 17.3 Å². The number of nitrogens with zero attached hydrogens (tertiary/aromatic N) is 4. The molecule has 0 spiro atoms. The molecule has 1 fully saturated rings. The highest BCUT2D eigenvalue weighted by molar-refractivity contribution is 8.00. The third-order valence-electron chi connectivity index (χ3n) is 5.98. The number of nitrogens with two attached hydrogens (primary N) is 1. The Labute approximate surface area is 241 Å². The zero-order valence-corrected chi connectivity index (χ0v) is 23.7. The first-order chi connectivity index (χ1) is 19.5. The molecule has 2 aliphatic rings. The molecule has 3 heterocycles. The molecule has 2 amide bonds. The van der Waals surface area contributed by atoms with Crippen LogP contribution in [0.5, 0.6) is 5.75 Å². The van der Waals surface area contributed by atoms with E-state index >= 15 is 0 Å². The number of hydrogen-bond donors (Lipinski definition) is 4. The molecule has 17 heteroatoms. The Kier molecular flexibility index (Phi) is 8.79. The molecule has 218 valence electrons. The number of nitrogen functional groups attached to an aromatic ring is 1. The molecule has 2 atom stereocenters. The number of carboxylic acid groups (broad SMARTS) is 1. The van der Waals surface area contributed by atoms with Gasteiger partial charge in [-0.1, -0.05) is 17.3 Å². The summed E-state index contributed by atoms with van der Waals surface area (Å²) in [6.07, 6.45) is 0. The Morgan fingerprint density at radius 3 is 2.56 bits per heavy atom. The number of carboxylic acids is 1. The molecule has 0 radical (unpaired) electrons. The highest BCUT2D eigenvalue weighted by Gasteiger charge is 2.54. The molecule has 1 saturated heterocycles. The molecule has 4 rings (SSSR count). The Morgan fingerprint density at radius 2 is 1.98 bits per heavy atom. The van der Waals surface area contributed by atoms with Crippen LogP contribution in [0.4, 0.5) is 5.13 Å². The van der Waals surface area contributed by atoms with E-state index in [2.05, 4.69) is 19.8 Å². The Bertz CT molecular complexity index is 1420. The van der Waals surface area contributed by atoms with Crippen molar-refractivity contribution in [2.45, 2.75) is 37.5 Å². The number of aromatic nitrogens is 2. The predicted molar refractivity (Wildman–Crippen MR) is 146 cm³/mol. The van der Waals surface area contributed by atoms with Gasteiger partial charge in [0.25, 0.3) is 11.8 Å². The summed E-state index contributed by atoms with van der Waals surface area (Å²) in [5.74, 6) is -3.16. The number of esters is 1. The third kappa shape index (κ3) is 6.26. The van der Waals surface area contributed by atoms with Crippen LogP contribution in [0.3, 0.4) is 0 Å². The van der Waals surface area contributed by atoms with Crippen molar-refractivity contribution in [2.75, 3.05) is 25.2 Å². The molecular formula is C24H26N6O9S2. The number of thioether (sulfide) groups is 1. The Hall–Kier alpha value is -4.22. The summed E-state index contributed by atoms with van der Waals surface area (Å²) in [6.45, 7) is 2.19. The minimum Gasteiger partial charge on any atom is -0.497 e. The minimum absolute atomic E-state index is 0.0279. The molecular weight excluding hydrogens is 580 g/mol. The van der Waals surface area contributed by atoms with Crippen LogP contribution < -0.4 is 15.8 Å². The molecule has 2 aliphatic heterocycles. The van der Waals surface area contributed by atoms with Gasteiger partial charge < -0.3 is 35.6 Å². The number of amides is 2. The zero-order valence-electron chi connectivity index (χ0n) is 22.0. The van der Waals surface area contributed by atoms with E-state index in [1.165, 1.54) is 32.7 Å². The summed E-state index contributed by atoms with van der Waals surface area (Å²) >= 11 is 1.97. The number of β-lactam (4-membered cyclic amide) rings is 1. The van der Waals surface area contributed by atoms with E-state index in [-0.39, 0.29) is 34.6 Å². The quantitative estimate of drug-likeness (QED) is 0.116. The molecule has 1 aromatic carbocycles. The van der Waals surface area contributed by atoms with Gasteiger partial charge in [-0.15, -0.1) is 11.8 Å². The second-order valence-electron chi connectivity index (χ2n) is 9.20. The number of ether oxygens (including phenoxy) is 2. The van der Waals surface area contributed by atoms with E-state index in [0.29, 0.717) is 11.3 Å². The third-order valence-corrected chi connectivity index (χ3v) is 7.86. The van der Waals surface area contributed by atoms with E-state index in [0.717, 1.165) is 16.4 Å². The first-order valence-corrected chi connectivity index (χ1v) is 13.8. The monoisotopic (exact) mass is 606 g/mol. The highest BCUT2D eigenvalue weighted by Crippen LogP contribution is 2.40. The second kappa shape index (κ2) is 12.1. The zero-order chi connectivity index (χ0) is 29.9. The van der Waals surface area contributed by atoms with Gasteiger partial charge in [-0.25, -0.2) is 9.59 Å². The van der Waals surface area contributed by atoms with Crippen LogP contribution in [0.1, 0.15) is 25.2 Å². The van der Waals surface area contributed by atoms with Crippen LogP contribution in [0.2, 0.25) is 0 Å². The first kappa shape index (κ1) is 29.8. The Balaban J connectivity index is 1.47. The van der Waals surface area contributed by atoms with Gasteiger partial charge in [0.1, 0.15) is 29.5 Å². The molecule has 41 heavy (non-hydrogen) atoms. The van der Waals surface area contributed by atoms with Crippen LogP contribution in [-0.2, 0) is 35.4 Å². The fraction of sp³-hybridized carbons (Fsp3) is 0.375. The van der Waals surface area contributed by atoms with Crippen LogP contribution >= 0.6 is 23.3 Å². The lowest BCUT2D eigenvalue weighted by Crippen LogP contribution is -2.71. The van der Waals surface area contributed by atoms with Crippen LogP contribution in [-0.4, -0.2) is 90.4 Å². The molecule has 1 aromatic heterocycles. The first-order valence-electron chi connectivity index (χ1n) is 11.9. The van der Waals surface area contributed by atoms with Crippen molar-refractivity contribution in [3.63, 3.8) is 0 Å². The number of methoxy groups -OCH3 is 1. The maximum atomic E-state index is 13.2. The number of benzene rings is 1. The molecule has 2 aromatic rings. The van der Waals surface area contributed by atoms with E-state index in [9.17, 15) is 29.4 Å².